The zero-order valence-corrected chi connectivity index (χ0v) is 14.9. The van der Waals surface area contributed by atoms with Gasteiger partial charge in [0, 0.05) is 26.7 Å². The quantitative estimate of drug-likeness (QED) is 0.325. The van der Waals surface area contributed by atoms with Crippen LogP contribution in [0.1, 0.15) is 18.9 Å². The van der Waals surface area contributed by atoms with Crippen molar-refractivity contribution in [2.45, 2.75) is 25.8 Å². The number of hydrogen-bond acceptors (Lipinski definition) is 2. The van der Waals surface area contributed by atoms with Gasteiger partial charge in [-0.25, -0.2) is 0 Å². The van der Waals surface area contributed by atoms with E-state index in [1.54, 1.807) is 14.2 Å². The first-order valence-electron chi connectivity index (χ1n) is 6.76. The summed E-state index contributed by atoms with van der Waals surface area (Å²) in [4.78, 5) is 4.19. The summed E-state index contributed by atoms with van der Waals surface area (Å²) in [5.74, 6) is 0.831. The highest BCUT2D eigenvalue weighted by Crippen LogP contribution is 2.04. The summed E-state index contributed by atoms with van der Waals surface area (Å²) in [7, 11) is 3.48. The number of aryl methyl sites for hydroxylation is 1. The van der Waals surface area contributed by atoms with E-state index in [1.165, 1.54) is 5.56 Å². The molecule has 0 saturated heterocycles. The Labute approximate surface area is 139 Å². The topological polar surface area (TPSA) is 45.7 Å². The molecule has 0 aliphatic carbocycles. The Morgan fingerprint density at radius 2 is 2.00 bits per heavy atom. The van der Waals surface area contributed by atoms with E-state index in [0.717, 1.165) is 25.3 Å². The molecule has 1 atom stereocenters. The van der Waals surface area contributed by atoms with E-state index >= 15 is 0 Å². The first kappa shape index (κ1) is 19.2. The smallest absolute Gasteiger partial charge is 0.191 e. The van der Waals surface area contributed by atoms with Crippen molar-refractivity contribution in [3.8, 4) is 0 Å². The summed E-state index contributed by atoms with van der Waals surface area (Å²) in [6.45, 7) is 3.62. The molecule has 0 heterocycles. The Morgan fingerprint density at radius 3 is 2.60 bits per heavy atom. The van der Waals surface area contributed by atoms with Crippen LogP contribution in [0.2, 0.25) is 0 Å². The number of ether oxygens (including phenoxy) is 1. The van der Waals surface area contributed by atoms with Crippen LogP contribution in [0.4, 0.5) is 0 Å². The number of nitrogens with one attached hydrogen (secondary N) is 2. The van der Waals surface area contributed by atoms with E-state index in [0.29, 0.717) is 12.6 Å². The van der Waals surface area contributed by atoms with Gasteiger partial charge in [-0.05, 0) is 25.3 Å². The molecule has 0 amide bonds. The summed E-state index contributed by atoms with van der Waals surface area (Å²) < 4.78 is 5.00. The molecular weight excluding hydrogens is 365 g/mol. The van der Waals surface area contributed by atoms with E-state index < -0.39 is 0 Å². The highest BCUT2D eigenvalue weighted by molar-refractivity contribution is 14.0. The second-order valence-corrected chi connectivity index (χ2v) is 4.56. The third kappa shape index (κ3) is 8.37. The second kappa shape index (κ2) is 12.0. The summed E-state index contributed by atoms with van der Waals surface area (Å²) in [6.07, 6.45) is 2.15. The molecule has 1 aromatic rings. The number of halogens is 1. The molecule has 0 spiro atoms. The molecule has 0 bridgehead atoms. The van der Waals surface area contributed by atoms with Crippen LogP contribution in [0.15, 0.2) is 35.3 Å². The maximum Gasteiger partial charge on any atom is 0.191 e. The molecule has 1 rings (SSSR count). The van der Waals surface area contributed by atoms with Gasteiger partial charge in [0.1, 0.15) is 0 Å². The van der Waals surface area contributed by atoms with E-state index in [-0.39, 0.29) is 24.0 Å². The lowest BCUT2D eigenvalue weighted by Gasteiger charge is -2.17. The average Bonchev–Trinajstić information content (AvgIpc) is 2.45. The molecule has 0 fully saturated rings. The number of rotatable bonds is 7. The molecule has 0 saturated carbocycles. The first-order chi connectivity index (χ1) is 9.26. The molecule has 1 unspecified atom stereocenters. The minimum absolute atomic E-state index is 0. The standard InChI is InChI=1S/C15H25N3O.HI/c1-13(9-10-14-7-5-4-6-8-14)18-15(16-2)17-11-12-19-3;/h4-8,13H,9-12H2,1-3H3,(H2,16,17,18);1H. The van der Waals surface area contributed by atoms with Crippen molar-refractivity contribution >= 4 is 29.9 Å². The van der Waals surface area contributed by atoms with E-state index in [1.807, 2.05) is 6.07 Å². The Balaban J connectivity index is 0.00000361. The zero-order valence-electron chi connectivity index (χ0n) is 12.6. The van der Waals surface area contributed by atoms with Gasteiger partial charge in [-0.2, -0.15) is 0 Å². The van der Waals surface area contributed by atoms with Crippen molar-refractivity contribution in [2.24, 2.45) is 4.99 Å². The maximum absolute atomic E-state index is 5.00. The Hall–Kier alpha value is -0.820. The number of guanidine groups is 1. The third-order valence-electron chi connectivity index (χ3n) is 2.91. The van der Waals surface area contributed by atoms with Crippen molar-refractivity contribution in [3.05, 3.63) is 35.9 Å². The molecule has 20 heavy (non-hydrogen) atoms. The van der Waals surface area contributed by atoms with E-state index in [9.17, 15) is 0 Å². The predicted octanol–water partition coefficient (Wildman–Crippen LogP) is 2.44. The molecule has 0 aromatic heterocycles. The van der Waals surface area contributed by atoms with Crippen LogP contribution in [0.3, 0.4) is 0 Å². The fourth-order valence-corrected chi connectivity index (χ4v) is 1.80. The predicted molar refractivity (Wildman–Crippen MR) is 96.0 cm³/mol. The first-order valence-corrected chi connectivity index (χ1v) is 6.76. The van der Waals surface area contributed by atoms with Crippen molar-refractivity contribution < 1.29 is 4.74 Å². The number of hydrogen-bond donors (Lipinski definition) is 2. The fourth-order valence-electron chi connectivity index (χ4n) is 1.80. The highest BCUT2D eigenvalue weighted by atomic mass is 127. The maximum atomic E-state index is 5.00. The van der Waals surface area contributed by atoms with Crippen LogP contribution in [0.5, 0.6) is 0 Å². The summed E-state index contributed by atoms with van der Waals surface area (Å²) in [5, 5.41) is 6.59. The Morgan fingerprint density at radius 1 is 1.30 bits per heavy atom. The normalized spacial score (nSPS) is 12.4. The van der Waals surface area contributed by atoms with Crippen LogP contribution in [-0.4, -0.2) is 39.3 Å². The number of aliphatic imine (C=N–C) groups is 1. The minimum Gasteiger partial charge on any atom is -0.383 e. The van der Waals surface area contributed by atoms with Gasteiger partial charge in [0.05, 0.1) is 6.61 Å². The van der Waals surface area contributed by atoms with Crippen LogP contribution in [0.25, 0.3) is 0 Å². The molecule has 5 heteroatoms. The lowest BCUT2D eigenvalue weighted by Crippen LogP contribution is -2.43. The lowest BCUT2D eigenvalue weighted by atomic mass is 10.1. The van der Waals surface area contributed by atoms with Crippen molar-refractivity contribution in [3.63, 3.8) is 0 Å². The Bertz CT molecular complexity index is 371. The summed E-state index contributed by atoms with van der Waals surface area (Å²) in [5.41, 5.74) is 1.37. The highest BCUT2D eigenvalue weighted by Gasteiger charge is 2.05. The third-order valence-corrected chi connectivity index (χ3v) is 2.91. The van der Waals surface area contributed by atoms with Crippen molar-refractivity contribution in [2.75, 3.05) is 27.3 Å². The van der Waals surface area contributed by atoms with Gasteiger partial charge in [0.15, 0.2) is 5.96 Å². The van der Waals surface area contributed by atoms with Gasteiger partial charge in [-0.3, -0.25) is 4.99 Å². The van der Waals surface area contributed by atoms with Crippen LogP contribution in [0, 0.1) is 0 Å². The van der Waals surface area contributed by atoms with Gasteiger partial charge < -0.3 is 15.4 Å². The minimum atomic E-state index is 0. The fraction of sp³-hybridized carbons (Fsp3) is 0.533. The van der Waals surface area contributed by atoms with Gasteiger partial charge in [-0.15, -0.1) is 24.0 Å². The summed E-state index contributed by atoms with van der Waals surface area (Å²) in [6, 6.07) is 10.9. The molecule has 0 aliphatic heterocycles. The molecule has 4 nitrogen and oxygen atoms in total. The summed E-state index contributed by atoms with van der Waals surface area (Å²) >= 11 is 0. The molecule has 0 aliphatic rings. The largest absolute Gasteiger partial charge is 0.383 e. The number of benzene rings is 1. The molecule has 2 N–H and O–H groups in total. The molecular formula is C15H26IN3O. The van der Waals surface area contributed by atoms with Crippen molar-refractivity contribution in [1.82, 2.24) is 10.6 Å². The van der Waals surface area contributed by atoms with Gasteiger partial charge >= 0.3 is 0 Å². The van der Waals surface area contributed by atoms with Gasteiger partial charge in [-0.1, -0.05) is 30.3 Å². The average molecular weight is 391 g/mol. The number of nitrogens with zero attached hydrogens (tertiary/aromatic N) is 1. The molecule has 1 aromatic carbocycles. The van der Waals surface area contributed by atoms with E-state index in [2.05, 4.69) is 46.8 Å². The van der Waals surface area contributed by atoms with Crippen LogP contribution in [-0.2, 0) is 11.2 Å². The Kier molecular flexibility index (Phi) is 11.5. The number of methoxy groups -OCH3 is 1. The monoisotopic (exact) mass is 391 g/mol. The molecule has 114 valence electrons. The zero-order chi connectivity index (χ0) is 13.9. The lowest BCUT2D eigenvalue weighted by molar-refractivity contribution is 0.203. The van der Waals surface area contributed by atoms with Gasteiger partial charge in [0.2, 0.25) is 0 Å². The molecule has 0 radical (unpaired) electrons. The van der Waals surface area contributed by atoms with Crippen molar-refractivity contribution in [1.29, 1.82) is 0 Å². The SMILES string of the molecule is CN=C(NCCOC)NC(C)CCc1ccccc1.I. The van der Waals surface area contributed by atoms with E-state index in [4.69, 9.17) is 4.74 Å². The second-order valence-electron chi connectivity index (χ2n) is 4.56. The van der Waals surface area contributed by atoms with Crippen LogP contribution < -0.4 is 10.6 Å². The van der Waals surface area contributed by atoms with Gasteiger partial charge in [0.25, 0.3) is 0 Å². The van der Waals surface area contributed by atoms with Crippen LogP contribution >= 0.6 is 24.0 Å².